The van der Waals surface area contributed by atoms with Crippen LogP contribution < -0.4 is 4.90 Å². The molecule has 10 heteroatoms. The Morgan fingerprint density at radius 3 is 1.50 bits per heavy atom. The molecule has 0 fully saturated rings. The number of oxazole rings is 2. The van der Waals surface area contributed by atoms with Gasteiger partial charge in [0, 0.05) is 25.4 Å². The Kier molecular flexibility index (Phi) is 7.20. The highest BCUT2D eigenvalue weighted by molar-refractivity contribution is 9.10. The Bertz CT molecular complexity index is 1930. The van der Waals surface area contributed by atoms with Gasteiger partial charge in [0.2, 0.25) is 11.8 Å². The van der Waals surface area contributed by atoms with E-state index in [0.717, 1.165) is 38.0 Å². The van der Waals surface area contributed by atoms with E-state index < -0.39 is 0 Å². The number of fused-ring (bicyclic) bond motifs is 2. The van der Waals surface area contributed by atoms with Gasteiger partial charge in [-0.1, -0.05) is 63.4 Å². The molecule has 0 aliphatic rings. The fraction of sp³-hybridized carbons (Fsp3) is 0. The van der Waals surface area contributed by atoms with Crippen LogP contribution in [0.25, 0.3) is 45.1 Å². The van der Waals surface area contributed by atoms with Gasteiger partial charge in [-0.05, 0) is 72.8 Å². The molecular weight excluding hydrogens is 673 g/mol. The number of hydrogen-bond acceptors (Lipinski definition) is 7. The lowest BCUT2D eigenvalue weighted by atomic mass is 10.1. The van der Waals surface area contributed by atoms with E-state index in [-0.39, 0.29) is 0 Å². The third kappa shape index (κ3) is 4.97. The Morgan fingerprint density at radius 1 is 0.619 bits per heavy atom. The lowest BCUT2D eigenvalue weighted by Gasteiger charge is -2.29. The van der Waals surface area contributed by atoms with Crippen molar-refractivity contribution in [2.75, 3.05) is 4.90 Å². The van der Waals surface area contributed by atoms with Gasteiger partial charge < -0.3 is 13.7 Å². The summed E-state index contributed by atoms with van der Waals surface area (Å²) in [5, 5.41) is 0.891. The molecule has 5 nitrogen and oxygen atoms in total. The number of anilines is 3. The summed E-state index contributed by atoms with van der Waals surface area (Å²) in [5.41, 5.74) is 6.60. The molecule has 0 aliphatic carbocycles. The summed E-state index contributed by atoms with van der Waals surface area (Å²) in [6.45, 7) is 0. The zero-order valence-corrected chi connectivity index (χ0v) is 26.3. The van der Waals surface area contributed by atoms with Gasteiger partial charge in [-0.2, -0.15) is 0 Å². The monoisotopic (exact) mass is 689 g/mol. The summed E-state index contributed by atoms with van der Waals surface area (Å²) in [7, 11) is 0. The van der Waals surface area contributed by atoms with Crippen molar-refractivity contribution in [2.24, 2.45) is 0 Å². The number of rotatable bonds is 5. The number of thiol groups is 2. The maximum atomic E-state index is 6.82. The topological polar surface area (TPSA) is 55.3 Å². The largest absolute Gasteiger partial charge is 0.436 e. The Labute approximate surface area is 270 Å². The van der Waals surface area contributed by atoms with E-state index in [9.17, 15) is 0 Å². The number of benzene rings is 5. The molecule has 0 radical (unpaired) electrons. The number of halogens is 3. The minimum Gasteiger partial charge on any atom is -0.436 e. The number of hydrogen-bond donors (Lipinski definition) is 2. The van der Waals surface area contributed by atoms with Gasteiger partial charge in [-0.25, -0.2) is 9.97 Å². The lowest BCUT2D eigenvalue weighted by molar-refractivity contribution is 0.619. The molecule has 0 atom stereocenters. The van der Waals surface area contributed by atoms with Crippen molar-refractivity contribution in [1.29, 1.82) is 0 Å². The van der Waals surface area contributed by atoms with Gasteiger partial charge in [-0.3, -0.25) is 0 Å². The van der Waals surface area contributed by atoms with Crippen LogP contribution in [0.15, 0.2) is 120 Å². The van der Waals surface area contributed by atoms with Crippen LogP contribution in [0.2, 0.25) is 10.0 Å². The predicted molar refractivity (Wildman–Crippen MR) is 179 cm³/mol. The van der Waals surface area contributed by atoms with E-state index in [1.54, 1.807) is 12.1 Å². The number of para-hydroxylation sites is 4. The van der Waals surface area contributed by atoms with E-state index in [1.807, 2.05) is 89.8 Å². The first kappa shape index (κ1) is 27.4. The molecule has 0 saturated heterocycles. The zero-order valence-electron chi connectivity index (χ0n) is 21.4. The first-order valence-electron chi connectivity index (χ1n) is 12.7. The fourth-order valence-corrected chi connectivity index (χ4v) is 6.81. The van der Waals surface area contributed by atoms with Gasteiger partial charge in [0.15, 0.2) is 11.2 Å². The second-order valence-electron chi connectivity index (χ2n) is 9.43. The van der Waals surface area contributed by atoms with Crippen LogP contribution in [0.1, 0.15) is 0 Å². The molecule has 0 amide bonds. The van der Waals surface area contributed by atoms with Gasteiger partial charge >= 0.3 is 0 Å². The molecule has 206 valence electrons. The maximum absolute atomic E-state index is 6.82. The molecule has 0 spiro atoms. The zero-order chi connectivity index (χ0) is 29.0. The summed E-state index contributed by atoms with van der Waals surface area (Å²) in [5.74, 6) is 1.00. The van der Waals surface area contributed by atoms with E-state index in [0.29, 0.717) is 48.5 Å². The Morgan fingerprint density at radius 2 is 1.07 bits per heavy atom. The van der Waals surface area contributed by atoms with E-state index >= 15 is 0 Å². The molecule has 7 aromatic rings. The van der Waals surface area contributed by atoms with Crippen LogP contribution in [0.4, 0.5) is 17.1 Å². The van der Waals surface area contributed by atoms with Crippen LogP contribution in [0.3, 0.4) is 0 Å². The average molecular weight is 691 g/mol. The SMILES string of the molecule is Sc1cc(-c2nc3ccccc3o2)ccc1N(c1ccc(-c2nc3ccccc3o2)cc1S)c1c(Cl)cc(Br)cc1Cl. The van der Waals surface area contributed by atoms with Crippen molar-refractivity contribution < 1.29 is 8.83 Å². The highest BCUT2D eigenvalue weighted by Crippen LogP contribution is 2.48. The predicted octanol–water partition coefficient (Wildman–Crippen LogP) is 11.4. The standard InChI is InChI=1S/C32H18BrCl2N3O2S2/c33-19-15-20(34)30(21(35)16-19)38(24-11-9-17(13-28(24)41)31-36-22-5-1-3-7-26(22)39-31)25-12-10-18(14-29(25)42)32-37-23-6-2-4-8-27(23)40-32/h1-16,41-42H. The summed E-state index contributed by atoms with van der Waals surface area (Å²) >= 11 is 26.9. The molecule has 0 aliphatic heterocycles. The lowest BCUT2D eigenvalue weighted by Crippen LogP contribution is -2.13. The summed E-state index contributed by atoms with van der Waals surface area (Å²) in [4.78, 5) is 12.5. The van der Waals surface area contributed by atoms with E-state index in [2.05, 4.69) is 25.9 Å². The second kappa shape index (κ2) is 11.0. The maximum Gasteiger partial charge on any atom is 0.227 e. The van der Waals surface area contributed by atoms with Crippen LogP contribution >= 0.6 is 64.4 Å². The molecule has 0 bridgehead atoms. The van der Waals surface area contributed by atoms with Crippen molar-refractivity contribution in [3.63, 3.8) is 0 Å². The average Bonchev–Trinajstić information content (AvgIpc) is 3.60. The van der Waals surface area contributed by atoms with Crippen LogP contribution in [-0.2, 0) is 0 Å². The molecule has 0 N–H and O–H groups in total. The van der Waals surface area contributed by atoms with Gasteiger partial charge in [0.05, 0.1) is 27.1 Å². The second-order valence-corrected chi connectivity index (χ2v) is 12.1. The van der Waals surface area contributed by atoms with Gasteiger partial charge in [0.25, 0.3) is 0 Å². The van der Waals surface area contributed by atoms with E-state index in [1.165, 1.54) is 0 Å². The summed E-state index contributed by atoms with van der Waals surface area (Å²) in [6, 6.07) is 30.4. The molecule has 7 rings (SSSR count). The fourth-order valence-electron chi connectivity index (χ4n) is 4.80. The smallest absolute Gasteiger partial charge is 0.227 e. The number of nitrogens with zero attached hydrogens (tertiary/aromatic N) is 3. The first-order chi connectivity index (χ1) is 20.4. The molecule has 2 aromatic heterocycles. The number of aromatic nitrogens is 2. The van der Waals surface area contributed by atoms with E-state index in [4.69, 9.17) is 57.3 Å². The van der Waals surface area contributed by atoms with Crippen molar-refractivity contribution in [3.05, 3.63) is 112 Å². The van der Waals surface area contributed by atoms with Gasteiger partial charge in [0.1, 0.15) is 11.0 Å². The molecule has 0 saturated carbocycles. The molecule has 42 heavy (non-hydrogen) atoms. The normalized spacial score (nSPS) is 11.5. The first-order valence-corrected chi connectivity index (χ1v) is 15.1. The van der Waals surface area contributed by atoms with Crippen molar-refractivity contribution in [3.8, 4) is 22.9 Å². The minimum atomic E-state index is 0.445. The Balaban J connectivity index is 1.36. The molecule has 2 heterocycles. The minimum absolute atomic E-state index is 0.445. The highest BCUT2D eigenvalue weighted by Gasteiger charge is 2.24. The third-order valence-electron chi connectivity index (χ3n) is 6.72. The quantitative estimate of drug-likeness (QED) is 0.176. The van der Waals surface area contributed by atoms with Gasteiger partial charge in [-0.15, -0.1) is 25.3 Å². The molecule has 0 unspecified atom stereocenters. The highest BCUT2D eigenvalue weighted by atomic mass is 79.9. The molecular formula is C32H18BrCl2N3O2S2. The van der Waals surface area contributed by atoms with Crippen LogP contribution in [0.5, 0.6) is 0 Å². The van der Waals surface area contributed by atoms with Crippen molar-refractivity contribution in [2.45, 2.75) is 9.79 Å². The van der Waals surface area contributed by atoms with Crippen molar-refractivity contribution >= 4 is 104 Å². The summed E-state index contributed by atoms with van der Waals surface area (Å²) < 4.78 is 12.7. The van der Waals surface area contributed by atoms with Crippen LogP contribution in [0, 0.1) is 0 Å². The Hall–Kier alpha value is -3.40. The molecule has 5 aromatic carbocycles. The third-order valence-corrected chi connectivity index (χ3v) is 8.47. The summed E-state index contributed by atoms with van der Waals surface area (Å²) in [6.07, 6.45) is 0. The van der Waals surface area contributed by atoms with Crippen LogP contribution in [-0.4, -0.2) is 9.97 Å². The van der Waals surface area contributed by atoms with Crippen molar-refractivity contribution in [1.82, 2.24) is 9.97 Å².